The van der Waals surface area contributed by atoms with Crippen LogP contribution in [-0.2, 0) is 10.0 Å². The van der Waals surface area contributed by atoms with E-state index < -0.39 is 16.1 Å². The lowest BCUT2D eigenvalue weighted by Crippen LogP contribution is -2.37. The summed E-state index contributed by atoms with van der Waals surface area (Å²) in [7, 11) is -3.77. The molecule has 0 fully saturated rings. The van der Waals surface area contributed by atoms with Crippen molar-refractivity contribution in [3.05, 3.63) is 21.9 Å². The summed E-state index contributed by atoms with van der Waals surface area (Å²) in [6.45, 7) is 1.50. The molecule has 1 aromatic heterocycles. The van der Waals surface area contributed by atoms with Crippen molar-refractivity contribution in [2.24, 2.45) is 0 Å². The topological polar surface area (TPSA) is 79.3 Å². The van der Waals surface area contributed by atoms with Gasteiger partial charge in [-0.15, -0.1) is 0 Å². The molecule has 0 radical (unpaired) electrons. The Labute approximate surface area is 113 Å². The van der Waals surface area contributed by atoms with Crippen LogP contribution in [0.3, 0.4) is 0 Å². The molecule has 0 aliphatic heterocycles. The number of hydrogen-bond acceptors (Lipinski definition) is 4. The molecule has 1 heterocycles. The summed E-state index contributed by atoms with van der Waals surface area (Å²) in [6, 6.07) is 0.830. The van der Waals surface area contributed by atoms with Crippen LogP contribution in [0, 0.1) is 0 Å². The second-order valence-corrected chi connectivity index (χ2v) is 6.31. The van der Waals surface area contributed by atoms with Gasteiger partial charge >= 0.3 is 0 Å². The van der Waals surface area contributed by atoms with Crippen LogP contribution < -0.4 is 4.72 Å². The van der Waals surface area contributed by atoms with Gasteiger partial charge in [0.2, 0.25) is 10.0 Å². The molecular weight excluding hydrogens is 332 g/mol. The van der Waals surface area contributed by atoms with Gasteiger partial charge in [0.05, 0.1) is 6.61 Å². The molecule has 1 atom stereocenters. The van der Waals surface area contributed by atoms with E-state index in [9.17, 15) is 8.42 Å². The molecule has 0 bridgehead atoms. The minimum Gasteiger partial charge on any atom is -0.395 e. The standard InChI is InChI=1S/C9H12BrClN2O3S/c1-2-7(5-14)13-17(15,16)8-3-6(10)4-12-9(8)11/h3-4,7,13-14H,2,5H2,1H3/t7-/m0/s1. The van der Waals surface area contributed by atoms with Crippen molar-refractivity contribution in [3.63, 3.8) is 0 Å². The summed E-state index contributed by atoms with van der Waals surface area (Å²) >= 11 is 8.86. The van der Waals surface area contributed by atoms with Crippen LogP contribution in [0.5, 0.6) is 0 Å². The van der Waals surface area contributed by atoms with Crippen LogP contribution in [0.1, 0.15) is 13.3 Å². The maximum atomic E-state index is 12.0. The first-order chi connectivity index (χ1) is 7.90. The molecule has 1 rings (SSSR count). The number of aliphatic hydroxyl groups excluding tert-OH is 1. The van der Waals surface area contributed by atoms with Gasteiger partial charge in [-0.1, -0.05) is 18.5 Å². The lowest BCUT2D eigenvalue weighted by atomic mass is 10.3. The highest BCUT2D eigenvalue weighted by Gasteiger charge is 2.22. The normalized spacial score (nSPS) is 13.6. The molecule has 0 unspecified atom stereocenters. The summed E-state index contributed by atoms with van der Waals surface area (Å²) in [4.78, 5) is 3.63. The van der Waals surface area contributed by atoms with Gasteiger partial charge in [0.15, 0.2) is 0 Å². The quantitative estimate of drug-likeness (QED) is 0.795. The highest BCUT2D eigenvalue weighted by Crippen LogP contribution is 2.22. The Morgan fingerprint density at radius 2 is 2.29 bits per heavy atom. The van der Waals surface area contributed by atoms with Gasteiger partial charge in [-0.3, -0.25) is 0 Å². The van der Waals surface area contributed by atoms with Crippen LogP contribution in [0.2, 0.25) is 5.15 Å². The summed E-state index contributed by atoms with van der Waals surface area (Å²) in [5, 5.41) is 8.87. The minimum atomic E-state index is -3.77. The molecule has 96 valence electrons. The molecule has 17 heavy (non-hydrogen) atoms. The monoisotopic (exact) mass is 342 g/mol. The Morgan fingerprint density at radius 3 is 2.82 bits per heavy atom. The first-order valence-corrected chi connectivity index (χ1v) is 7.50. The number of hydrogen-bond donors (Lipinski definition) is 2. The largest absolute Gasteiger partial charge is 0.395 e. The third-order valence-corrected chi connectivity index (χ3v) is 4.48. The average Bonchev–Trinajstić information content (AvgIpc) is 2.29. The molecule has 2 N–H and O–H groups in total. The number of sulfonamides is 1. The molecule has 0 saturated carbocycles. The van der Waals surface area contributed by atoms with E-state index in [1.165, 1.54) is 12.3 Å². The first-order valence-electron chi connectivity index (χ1n) is 4.85. The Bertz CT molecular complexity index is 491. The molecule has 0 aromatic carbocycles. The molecule has 0 amide bonds. The SMILES string of the molecule is CC[C@@H](CO)NS(=O)(=O)c1cc(Br)cnc1Cl. The molecule has 0 spiro atoms. The Hall–Kier alpha value is -0.210. The second-order valence-electron chi connectivity index (χ2n) is 3.35. The highest BCUT2D eigenvalue weighted by atomic mass is 79.9. The molecule has 0 aliphatic carbocycles. The summed E-state index contributed by atoms with van der Waals surface area (Å²) in [5.41, 5.74) is 0. The number of halogens is 2. The van der Waals surface area contributed by atoms with E-state index in [1.54, 1.807) is 6.92 Å². The average molecular weight is 344 g/mol. The van der Waals surface area contributed by atoms with Crippen molar-refractivity contribution in [3.8, 4) is 0 Å². The predicted octanol–water partition coefficient (Wildman–Crippen LogP) is 1.55. The smallest absolute Gasteiger partial charge is 0.244 e. The fraction of sp³-hybridized carbons (Fsp3) is 0.444. The van der Waals surface area contributed by atoms with Crippen molar-refractivity contribution < 1.29 is 13.5 Å². The fourth-order valence-electron chi connectivity index (χ4n) is 1.13. The maximum Gasteiger partial charge on any atom is 0.244 e. The highest BCUT2D eigenvalue weighted by molar-refractivity contribution is 9.10. The molecule has 0 aliphatic rings. The Morgan fingerprint density at radius 1 is 1.65 bits per heavy atom. The van der Waals surface area contributed by atoms with Crippen molar-refractivity contribution in [1.29, 1.82) is 0 Å². The van der Waals surface area contributed by atoms with E-state index in [0.29, 0.717) is 10.9 Å². The van der Waals surface area contributed by atoms with Crippen molar-refractivity contribution in [1.82, 2.24) is 9.71 Å². The summed E-state index contributed by atoms with van der Waals surface area (Å²) in [5.74, 6) is 0. The van der Waals surface area contributed by atoms with E-state index >= 15 is 0 Å². The molecular formula is C9H12BrClN2O3S. The predicted molar refractivity (Wildman–Crippen MR) is 68.4 cm³/mol. The zero-order valence-electron chi connectivity index (χ0n) is 9.02. The van der Waals surface area contributed by atoms with Crippen LogP contribution in [0.25, 0.3) is 0 Å². The number of nitrogens with one attached hydrogen (secondary N) is 1. The van der Waals surface area contributed by atoms with E-state index in [2.05, 4.69) is 25.6 Å². The van der Waals surface area contributed by atoms with Gasteiger partial charge in [-0.05, 0) is 28.4 Å². The van der Waals surface area contributed by atoms with Gasteiger partial charge in [0.25, 0.3) is 0 Å². The Balaban J connectivity index is 3.09. The van der Waals surface area contributed by atoms with Gasteiger partial charge in [0.1, 0.15) is 10.0 Å². The van der Waals surface area contributed by atoms with Crippen molar-refractivity contribution in [2.75, 3.05) is 6.61 Å². The number of pyridine rings is 1. The van der Waals surface area contributed by atoms with Gasteiger partial charge in [-0.25, -0.2) is 18.1 Å². The lowest BCUT2D eigenvalue weighted by molar-refractivity contribution is 0.254. The van der Waals surface area contributed by atoms with E-state index in [4.69, 9.17) is 16.7 Å². The minimum absolute atomic E-state index is 0.103. The van der Waals surface area contributed by atoms with E-state index in [1.807, 2.05) is 0 Å². The van der Waals surface area contributed by atoms with Gasteiger partial charge in [-0.2, -0.15) is 0 Å². The molecule has 1 aromatic rings. The summed E-state index contributed by atoms with van der Waals surface area (Å²) < 4.78 is 26.8. The van der Waals surface area contributed by atoms with E-state index in [0.717, 1.165) is 0 Å². The lowest BCUT2D eigenvalue weighted by Gasteiger charge is -2.14. The van der Waals surface area contributed by atoms with Crippen LogP contribution in [0.4, 0.5) is 0 Å². The van der Waals surface area contributed by atoms with Crippen molar-refractivity contribution in [2.45, 2.75) is 24.3 Å². The Kier molecular flexibility index (Phi) is 5.33. The number of nitrogens with zero attached hydrogens (tertiary/aromatic N) is 1. The van der Waals surface area contributed by atoms with E-state index in [-0.39, 0.29) is 16.7 Å². The second kappa shape index (κ2) is 6.10. The van der Waals surface area contributed by atoms with Crippen LogP contribution in [-0.4, -0.2) is 31.2 Å². The maximum absolute atomic E-state index is 12.0. The van der Waals surface area contributed by atoms with Crippen LogP contribution >= 0.6 is 27.5 Å². The fourth-order valence-corrected chi connectivity index (χ4v) is 3.38. The zero-order chi connectivity index (χ0) is 13.1. The molecule has 8 heteroatoms. The zero-order valence-corrected chi connectivity index (χ0v) is 12.2. The van der Waals surface area contributed by atoms with Gasteiger partial charge in [0, 0.05) is 16.7 Å². The number of rotatable bonds is 5. The summed E-state index contributed by atoms with van der Waals surface area (Å²) in [6.07, 6.45) is 1.89. The molecule has 0 saturated heterocycles. The first kappa shape index (κ1) is 14.8. The number of aliphatic hydroxyl groups is 1. The third-order valence-electron chi connectivity index (χ3n) is 2.10. The van der Waals surface area contributed by atoms with Gasteiger partial charge < -0.3 is 5.11 Å². The van der Waals surface area contributed by atoms with Crippen LogP contribution in [0.15, 0.2) is 21.6 Å². The number of aromatic nitrogens is 1. The molecule has 5 nitrogen and oxygen atoms in total. The third kappa shape index (κ3) is 3.89. The van der Waals surface area contributed by atoms with Crippen molar-refractivity contribution >= 4 is 37.6 Å².